The van der Waals surface area contributed by atoms with Crippen molar-refractivity contribution in [3.05, 3.63) is 16.0 Å². The minimum absolute atomic E-state index is 0.00667. The lowest BCUT2D eigenvalue weighted by Crippen LogP contribution is -2.44. The van der Waals surface area contributed by atoms with Crippen molar-refractivity contribution in [3.63, 3.8) is 0 Å². The number of rotatable bonds is 3. The van der Waals surface area contributed by atoms with Gasteiger partial charge in [-0.2, -0.15) is 0 Å². The number of hydrogen-bond acceptors (Lipinski definition) is 5. The number of morpholine rings is 1. The number of anilines is 1. The molecule has 0 unspecified atom stereocenters. The number of nitrogens with zero attached hydrogens (tertiary/aromatic N) is 1. The summed E-state index contributed by atoms with van der Waals surface area (Å²) in [4.78, 5) is 29.8. The number of carbonyl (C=O) groups is 2. The van der Waals surface area contributed by atoms with E-state index in [2.05, 4.69) is 33.0 Å². The summed E-state index contributed by atoms with van der Waals surface area (Å²) < 4.78 is 11.0. The Labute approximate surface area is 176 Å². The van der Waals surface area contributed by atoms with Gasteiger partial charge in [0.2, 0.25) is 5.91 Å². The first-order valence-corrected chi connectivity index (χ1v) is 11.5. The first-order chi connectivity index (χ1) is 13.8. The molecule has 3 heterocycles. The summed E-state index contributed by atoms with van der Waals surface area (Å²) in [6.07, 6.45) is 2.63. The van der Waals surface area contributed by atoms with Crippen LogP contribution in [0.1, 0.15) is 61.3 Å². The van der Waals surface area contributed by atoms with Crippen molar-refractivity contribution in [3.8, 4) is 0 Å². The molecule has 1 aromatic heterocycles. The largest absolute Gasteiger partial charge is 0.378 e. The highest BCUT2D eigenvalue weighted by Gasteiger charge is 2.54. The minimum atomic E-state index is -0.452. The van der Waals surface area contributed by atoms with Gasteiger partial charge >= 0.3 is 0 Å². The molecule has 1 aliphatic carbocycles. The molecule has 2 atom stereocenters. The Morgan fingerprint density at radius 3 is 2.52 bits per heavy atom. The molecule has 160 valence electrons. The zero-order valence-electron chi connectivity index (χ0n) is 17.9. The number of ether oxygens (including phenoxy) is 2. The Balaban J connectivity index is 1.66. The van der Waals surface area contributed by atoms with Crippen LogP contribution in [-0.2, 0) is 27.3 Å². The Morgan fingerprint density at radius 2 is 1.86 bits per heavy atom. The summed E-state index contributed by atoms with van der Waals surface area (Å²) in [7, 11) is 0. The maximum atomic E-state index is 13.5. The maximum Gasteiger partial charge on any atom is 0.257 e. The van der Waals surface area contributed by atoms with Gasteiger partial charge in [0.15, 0.2) is 0 Å². The van der Waals surface area contributed by atoms with E-state index in [-0.39, 0.29) is 17.2 Å². The number of nitrogens with one attached hydrogen (secondary N) is 1. The average Bonchev–Trinajstić information content (AvgIpc) is 3.18. The van der Waals surface area contributed by atoms with Crippen molar-refractivity contribution in [2.45, 2.75) is 53.6 Å². The summed E-state index contributed by atoms with van der Waals surface area (Å²) in [5, 5.41) is 3.88. The second kappa shape index (κ2) is 7.67. The van der Waals surface area contributed by atoms with Crippen LogP contribution >= 0.6 is 11.3 Å². The third-order valence-electron chi connectivity index (χ3n) is 7.79. The lowest BCUT2D eigenvalue weighted by molar-refractivity contribution is -0.130. The van der Waals surface area contributed by atoms with E-state index in [1.165, 1.54) is 11.3 Å². The second-order valence-corrected chi connectivity index (χ2v) is 10.5. The van der Waals surface area contributed by atoms with Crippen molar-refractivity contribution in [2.24, 2.45) is 16.7 Å². The second-order valence-electron chi connectivity index (χ2n) is 9.36. The lowest BCUT2D eigenvalue weighted by atomic mass is 9.65. The fraction of sp³-hybridized carbons (Fsp3) is 0.727. The van der Waals surface area contributed by atoms with Gasteiger partial charge in [-0.1, -0.05) is 27.7 Å². The van der Waals surface area contributed by atoms with E-state index in [9.17, 15) is 9.59 Å². The SMILES string of the molecule is C[C@H]1CC[C@@](C)(C(=O)Nc2sc3c(c2C(=O)N2CCOCC2)CCOC3)C1(C)C. The number of hydrogen-bond donors (Lipinski definition) is 1. The van der Waals surface area contributed by atoms with Crippen LogP contribution in [0.2, 0.25) is 0 Å². The van der Waals surface area contributed by atoms with Gasteiger partial charge in [-0.15, -0.1) is 11.3 Å². The van der Waals surface area contributed by atoms with Crippen LogP contribution in [0.3, 0.4) is 0 Å². The highest BCUT2D eigenvalue weighted by Crippen LogP contribution is 2.56. The minimum Gasteiger partial charge on any atom is -0.378 e. The topological polar surface area (TPSA) is 67.9 Å². The normalized spacial score (nSPS) is 28.8. The first kappa shape index (κ1) is 20.8. The van der Waals surface area contributed by atoms with E-state index < -0.39 is 5.41 Å². The van der Waals surface area contributed by atoms with Gasteiger partial charge in [0.05, 0.1) is 37.4 Å². The van der Waals surface area contributed by atoms with Crippen molar-refractivity contribution in [2.75, 3.05) is 38.2 Å². The summed E-state index contributed by atoms with van der Waals surface area (Å²) in [6.45, 7) is 12.1. The molecule has 0 radical (unpaired) electrons. The van der Waals surface area contributed by atoms with Crippen molar-refractivity contribution in [1.82, 2.24) is 4.90 Å². The number of thiophene rings is 1. The molecular formula is C22H32N2O4S. The predicted molar refractivity (Wildman–Crippen MR) is 113 cm³/mol. The van der Waals surface area contributed by atoms with Crippen LogP contribution in [0, 0.1) is 16.7 Å². The molecule has 2 aliphatic heterocycles. The predicted octanol–water partition coefficient (Wildman–Crippen LogP) is 3.69. The van der Waals surface area contributed by atoms with E-state index >= 15 is 0 Å². The average molecular weight is 421 g/mol. The molecule has 4 rings (SSSR count). The Kier molecular flexibility index (Phi) is 5.51. The molecule has 0 aromatic carbocycles. The van der Waals surface area contributed by atoms with Gasteiger partial charge in [0, 0.05) is 18.0 Å². The van der Waals surface area contributed by atoms with Crippen LogP contribution in [0.25, 0.3) is 0 Å². The molecule has 1 N–H and O–H groups in total. The van der Waals surface area contributed by atoms with Crippen molar-refractivity contribution in [1.29, 1.82) is 0 Å². The Morgan fingerprint density at radius 1 is 1.14 bits per heavy atom. The zero-order chi connectivity index (χ0) is 20.8. The van der Waals surface area contributed by atoms with Gasteiger partial charge in [-0.25, -0.2) is 0 Å². The quantitative estimate of drug-likeness (QED) is 0.810. The molecule has 0 bridgehead atoms. The molecule has 0 spiro atoms. The maximum absolute atomic E-state index is 13.5. The summed E-state index contributed by atoms with van der Waals surface area (Å²) in [5.41, 5.74) is 1.19. The number of fused-ring (bicyclic) bond motifs is 1. The Bertz CT molecular complexity index is 812. The van der Waals surface area contributed by atoms with Gasteiger partial charge in [0.25, 0.3) is 5.91 Å². The van der Waals surface area contributed by atoms with Crippen LogP contribution in [0.4, 0.5) is 5.00 Å². The first-order valence-electron chi connectivity index (χ1n) is 10.7. The van der Waals surface area contributed by atoms with E-state index in [0.717, 1.165) is 23.3 Å². The number of amides is 2. The molecule has 1 aromatic rings. The highest BCUT2D eigenvalue weighted by molar-refractivity contribution is 7.17. The number of carbonyl (C=O) groups excluding carboxylic acids is 2. The van der Waals surface area contributed by atoms with Crippen LogP contribution < -0.4 is 5.32 Å². The third-order valence-corrected chi connectivity index (χ3v) is 8.91. The van der Waals surface area contributed by atoms with Crippen LogP contribution in [0.15, 0.2) is 0 Å². The monoisotopic (exact) mass is 420 g/mol. The van der Waals surface area contributed by atoms with Crippen molar-refractivity contribution >= 4 is 28.2 Å². The van der Waals surface area contributed by atoms with Gasteiger partial charge in [0.1, 0.15) is 5.00 Å². The van der Waals surface area contributed by atoms with E-state index in [4.69, 9.17) is 9.47 Å². The smallest absolute Gasteiger partial charge is 0.257 e. The fourth-order valence-electron chi connectivity index (χ4n) is 4.85. The van der Waals surface area contributed by atoms with Gasteiger partial charge in [-0.05, 0) is 36.2 Å². The molecule has 7 heteroatoms. The van der Waals surface area contributed by atoms with E-state index in [1.807, 2.05) is 4.90 Å². The fourth-order valence-corrected chi connectivity index (χ4v) is 6.02. The molecule has 1 saturated heterocycles. The van der Waals surface area contributed by atoms with E-state index in [0.29, 0.717) is 62.4 Å². The van der Waals surface area contributed by atoms with Crippen LogP contribution in [-0.4, -0.2) is 49.6 Å². The molecule has 1 saturated carbocycles. The molecule has 2 amide bonds. The van der Waals surface area contributed by atoms with Gasteiger partial charge < -0.3 is 19.7 Å². The highest BCUT2D eigenvalue weighted by atomic mass is 32.1. The molecule has 2 fully saturated rings. The summed E-state index contributed by atoms with van der Waals surface area (Å²) >= 11 is 1.51. The molecule has 29 heavy (non-hydrogen) atoms. The Hall–Kier alpha value is -1.44. The third kappa shape index (κ3) is 3.41. The molecule has 3 aliphatic rings. The molecular weight excluding hydrogens is 388 g/mol. The van der Waals surface area contributed by atoms with Crippen LogP contribution in [0.5, 0.6) is 0 Å². The zero-order valence-corrected chi connectivity index (χ0v) is 18.7. The summed E-state index contributed by atoms with van der Waals surface area (Å²) in [6, 6.07) is 0. The molecule has 6 nitrogen and oxygen atoms in total. The lowest BCUT2D eigenvalue weighted by Gasteiger charge is -2.39. The van der Waals surface area contributed by atoms with E-state index in [1.54, 1.807) is 0 Å². The standard InChI is InChI=1S/C22H32N2O4S/c1-14-5-7-22(4,21(14,2)3)20(26)23-18-17(15-6-10-28-13-16(15)29-18)19(25)24-8-11-27-12-9-24/h14H,5-13H2,1-4H3,(H,23,26)/t14-,22-/m0/s1. The van der Waals surface area contributed by atoms with Crippen molar-refractivity contribution < 1.29 is 19.1 Å². The van der Waals surface area contributed by atoms with Gasteiger partial charge in [-0.3, -0.25) is 9.59 Å². The summed E-state index contributed by atoms with van der Waals surface area (Å²) in [5.74, 6) is 0.521.